The van der Waals surface area contributed by atoms with Crippen LogP contribution in [0.3, 0.4) is 0 Å². The van der Waals surface area contributed by atoms with Gasteiger partial charge in [-0.15, -0.1) is 0 Å². The Bertz CT molecular complexity index is 845. The van der Waals surface area contributed by atoms with E-state index < -0.39 is 16.7 Å². The van der Waals surface area contributed by atoms with Crippen molar-refractivity contribution in [2.75, 3.05) is 12.4 Å². The molecule has 0 aliphatic carbocycles. The second-order valence-electron chi connectivity index (χ2n) is 4.98. The van der Waals surface area contributed by atoms with Crippen molar-refractivity contribution in [3.63, 3.8) is 0 Å². The van der Waals surface area contributed by atoms with Crippen LogP contribution in [0.25, 0.3) is 0 Å². The van der Waals surface area contributed by atoms with Crippen molar-refractivity contribution in [1.29, 1.82) is 5.26 Å². The molecule has 0 atom stereocenters. The maximum atomic E-state index is 12.7. The van der Waals surface area contributed by atoms with Crippen molar-refractivity contribution in [1.82, 2.24) is 0 Å². The van der Waals surface area contributed by atoms with Gasteiger partial charge in [-0.25, -0.2) is 0 Å². The molecule has 2 aromatic rings. The van der Waals surface area contributed by atoms with Crippen LogP contribution in [0, 0.1) is 21.4 Å². The van der Waals surface area contributed by atoms with Gasteiger partial charge in [0, 0.05) is 24.2 Å². The summed E-state index contributed by atoms with van der Waals surface area (Å²) in [6.45, 7) is 0.0326. The highest BCUT2D eigenvalue weighted by Gasteiger charge is 2.31. The lowest BCUT2D eigenvalue weighted by molar-refractivity contribution is -0.384. The summed E-state index contributed by atoms with van der Waals surface area (Å²) in [7, 11) is 1.39. The Balaban J connectivity index is 2.28. The number of anilines is 1. The monoisotopic (exact) mass is 351 g/mol. The van der Waals surface area contributed by atoms with Crippen LogP contribution in [0.2, 0.25) is 0 Å². The molecule has 0 fully saturated rings. The molecule has 6 nitrogen and oxygen atoms in total. The normalized spacial score (nSPS) is 10.8. The van der Waals surface area contributed by atoms with Crippen LogP contribution in [0.15, 0.2) is 36.4 Å². The van der Waals surface area contributed by atoms with E-state index in [9.17, 15) is 23.3 Å². The van der Waals surface area contributed by atoms with Crippen LogP contribution in [0.4, 0.5) is 24.5 Å². The van der Waals surface area contributed by atoms with Gasteiger partial charge >= 0.3 is 6.18 Å². The molecule has 0 aliphatic rings. The first kappa shape index (κ1) is 18.1. The average molecular weight is 351 g/mol. The molecule has 25 heavy (non-hydrogen) atoms. The van der Waals surface area contributed by atoms with Gasteiger partial charge in [0.15, 0.2) is 0 Å². The van der Waals surface area contributed by atoms with Gasteiger partial charge in [-0.05, 0) is 24.3 Å². The highest BCUT2D eigenvalue weighted by atomic mass is 19.4. The van der Waals surface area contributed by atoms with E-state index in [1.54, 1.807) is 6.07 Å². The molecule has 0 saturated heterocycles. The second-order valence-corrected chi connectivity index (χ2v) is 4.98. The number of nitro groups is 1. The lowest BCUT2D eigenvalue weighted by atomic mass is 10.1. The number of hydrogen-bond acceptors (Lipinski definition) is 5. The summed E-state index contributed by atoms with van der Waals surface area (Å²) < 4.78 is 43.2. The first-order chi connectivity index (χ1) is 11.8. The molecule has 0 heterocycles. The van der Waals surface area contributed by atoms with Crippen molar-refractivity contribution in [3.05, 3.63) is 63.2 Å². The molecule has 0 unspecified atom stereocenters. The van der Waals surface area contributed by atoms with Gasteiger partial charge in [-0.1, -0.05) is 0 Å². The van der Waals surface area contributed by atoms with E-state index in [2.05, 4.69) is 5.32 Å². The topological polar surface area (TPSA) is 88.2 Å². The maximum absolute atomic E-state index is 12.7. The predicted octanol–water partition coefficient (Wildman–Crippen LogP) is 4.11. The standard InChI is InChI=1S/C16H12F3N3O3/c1-25-15-5-3-13(22(23)24)7-11(15)9-21-14-4-2-12(16(17,18)19)6-10(14)8-20/h2-7,21H,9H2,1H3. The quantitative estimate of drug-likeness (QED) is 0.647. The fourth-order valence-electron chi connectivity index (χ4n) is 2.17. The Kier molecular flexibility index (Phi) is 5.12. The molecule has 0 amide bonds. The van der Waals surface area contributed by atoms with E-state index in [1.807, 2.05) is 0 Å². The summed E-state index contributed by atoms with van der Waals surface area (Å²) in [5.41, 5.74) is -0.642. The number of rotatable bonds is 5. The molecular weight excluding hydrogens is 339 g/mol. The summed E-state index contributed by atoms with van der Waals surface area (Å²) >= 11 is 0. The number of alkyl halides is 3. The summed E-state index contributed by atoms with van der Waals surface area (Å²) in [6.07, 6.45) is -4.55. The third-order valence-corrected chi connectivity index (χ3v) is 3.41. The molecular formula is C16H12F3N3O3. The van der Waals surface area contributed by atoms with Crippen LogP contribution < -0.4 is 10.1 Å². The van der Waals surface area contributed by atoms with Gasteiger partial charge < -0.3 is 10.1 Å². The number of hydrogen-bond donors (Lipinski definition) is 1. The molecule has 0 aromatic heterocycles. The second kappa shape index (κ2) is 7.09. The van der Waals surface area contributed by atoms with E-state index in [4.69, 9.17) is 10.00 Å². The molecule has 0 radical (unpaired) electrons. The van der Waals surface area contributed by atoms with E-state index in [-0.39, 0.29) is 23.5 Å². The zero-order valence-corrected chi connectivity index (χ0v) is 12.9. The average Bonchev–Trinajstić information content (AvgIpc) is 2.58. The predicted molar refractivity (Wildman–Crippen MR) is 83.1 cm³/mol. The van der Waals surface area contributed by atoms with Gasteiger partial charge in [0.25, 0.3) is 5.69 Å². The van der Waals surface area contributed by atoms with Crippen LogP contribution in [-0.2, 0) is 12.7 Å². The summed E-state index contributed by atoms with van der Waals surface area (Å²) in [5.74, 6) is 0.378. The smallest absolute Gasteiger partial charge is 0.416 e. The van der Waals surface area contributed by atoms with E-state index in [0.717, 1.165) is 18.2 Å². The fourth-order valence-corrected chi connectivity index (χ4v) is 2.17. The van der Waals surface area contributed by atoms with Crippen LogP contribution in [-0.4, -0.2) is 12.0 Å². The number of nitrogens with one attached hydrogen (secondary N) is 1. The van der Waals surface area contributed by atoms with Gasteiger partial charge in [-0.3, -0.25) is 10.1 Å². The van der Waals surface area contributed by atoms with Gasteiger partial charge in [-0.2, -0.15) is 18.4 Å². The number of nitro benzene ring substituents is 1. The Morgan fingerprint density at radius 1 is 1.28 bits per heavy atom. The maximum Gasteiger partial charge on any atom is 0.416 e. The molecule has 0 bridgehead atoms. The van der Waals surface area contributed by atoms with Gasteiger partial charge in [0.1, 0.15) is 11.8 Å². The Hall–Kier alpha value is -3.28. The number of benzene rings is 2. The molecule has 1 N–H and O–H groups in total. The summed E-state index contributed by atoms with van der Waals surface area (Å²) in [6, 6.07) is 8.44. The van der Waals surface area contributed by atoms with Crippen molar-refractivity contribution < 1.29 is 22.8 Å². The Labute approximate surface area is 140 Å². The third kappa shape index (κ3) is 4.17. The highest BCUT2D eigenvalue weighted by Crippen LogP contribution is 2.32. The Morgan fingerprint density at radius 3 is 2.56 bits per heavy atom. The SMILES string of the molecule is COc1ccc([N+](=O)[O-])cc1CNc1ccc(C(F)(F)F)cc1C#N. The van der Waals surface area contributed by atoms with Crippen LogP contribution >= 0.6 is 0 Å². The molecule has 130 valence electrons. The summed E-state index contributed by atoms with van der Waals surface area (Å²) in [4.78, 5) is 10.3. The van der Waals surface area contributed by atoms with Crippen molar-refractivity contribution in [2.45, 2.75) is 12.7 Å². The number of nitriles is 1. The summed E-state index contributed by atoms with van der Waals surface area (Å²) in [5, 5.41) is 22.7. The minimum atomic E-state index is -4.55. The van der Waals surface area contributed by atoms with E-state index in [0.29, 0.717) is 11.3 Å². The lowest BCUT2D eigenvalue weighted by Gasteiger charge is -2.13. The van der Waals surface area contributed by atoms with Crippen LogP contribution in [0.5, 0.6) is 5.75 Å². The molecule has 0 spiro atoms. The molecule has 2 rings (SSSR count). The van der Waals surface area contributed by atoms with Crippen LogP contribution in [0.1, 0.15) is 16.7 Å². The molecule has 2 aromatic carbocycles. The molecule has 0 aliphatic heterocycles. The number of non-ortho nitro benzene ring substituents is 1. The number of methoxy groups -OCH3 is 1. The zero-order valence-electron chi connectivity index (χ0n) is 12.9. The van der Waals surface area contributed by atoms with Crippen molar-refractivity contribution >= 4 is 11.4 Å². The number of ether oxygens (including phenoxy) is 1. The highest BCUT2D eigenvalue weighted by molar-refractivity contribution is 5.59. The van der Waals surface area contributed by atoms with E-state index in [1.165, 1.54) is 25.3 Å². The third-order valence-electron chi connectivity index (χ3n) is 3.41. The minimum Gasteiger partial charge on any atom is -0.496 e. The van der Waals surface area contributed by atoms with Gasteiger partial charge in [0.05, 0.1) is 28.8 Å². The number of halogens is 3. The first-order valence-corrected chi connectivity index (χ1v) is 6.92. The number of nitrogens with zero attached hydrogens (tertiary/aromatic N) is 2. The van der Waals surface area contributed by atoms with E-state index >= 15 is 0 Å². The molecule has 9 heteroatoms. The lowest BCUT2D eigenvalue weighted by Crippen LogP contribution is -2.08. The Morgan fingerprint density at radius 2 is 2.00 bits per heavy atom. The first-order valence-electron chi connectivity index (χ1n) is 6.92. The van der Waals surface area contributed by atoms with Gasteiger partial charge in [0.2, 0.25) is 0 Å². The molecule has 0 saturated carbocycles. The van der Waals surface area contributed by atoms with Crippen molar-refractivity contribution in [3.8, 4) is 11.8 Å². The fraction of sp³-hybridized carbons (Fsp3) is 0.188. The van der Waals surface area contributed by atoms with Crippen molar-refractivity contribution in [2.24, 2.45) is 0 Å². The largest absolute Gasteiger partial charge is 0.496 e. The minimum absolute atomic E-state index is 0.0326. The zero-order chi connectivity index (χ0) is 18.6.